The van der Waals surface area contributed by atoms with Crippen LogP contribution in [0.25, 0.3) is 0 Å². The highest BCUT2D eigenvalue weighted by Crippen LogP contribution is 2.18. The zero-order valence-corrected chi connectivity index (χ0v) is 10.7. The maximum Gasteiger partial charge on any atom is 0.257 e. The van der Waals surface area contributed by atoms with E-state index in [0.717, 1.165) is 5.56 Å². The summed E-state index contributed by atoms with van der Waals surface area (Å²) < 4.78 is 0. The van der Waals surface area contributed by atoms with Crippen LogP contribution in [0, 0.1) is 6.92 Å². The molecule has 0 aromatic heterocycles. The van der Waals surface area contributed by atoms with Gasteiger partial charge in [0, 0.05) is 16.4 Å². The molecule has 0 heterocycles. The first-order chi connectivity index (χ1) is 8.56. The van der Waals surface area contributed by atoms with Crippen LogP contribution < -0.4 is 11.1 Å². The van der Waals surface area contributed by atoms with E-state index >= 15 is 0 Å². The number of nitrogens with one attached hydrogen (secondary N) is 1. The molecule has 0 aliphatic carbocycles. The molecule has 2 aromatic rings. The lowest BCUT2D eigenvalue weighted by Crippen LogP contribution is -2.14. The van der Waals surface area contributed by atoms with Gasteiger partial charge in [0.1, 0.15) is 0 Å². The molecule has 0 spiro atoms. The van der Waals surface area contributed by atoms with Gasteiger partial charge in [0.15, 0.2) is 0 Å². The Morgan fingerprint density at radius 1 is 1.22 bits per heavy atom. The van der Waals surface area contributed by atoms with Gasteiger partial charge in [0.25, 0.3) is 5.91 Å². The summed E-state index contributed by atoms with van der Waals surface area (Å²) in [5.74, 6) is -0.238. The number of anilines is 2. The van der Waals surface area contributed by atoms with Crippen molar-refractivity contribution in [3.63, 3.8) is 0 Å². The van der Waals surface area contributed by atoms with Gasteiger partial charge < -0.3 is 11.1 Å². The number of aryl methyl sites for hydroxylation is 1. The molecule has 0 fully saturated rings. The van der Waals surface area contributed by atoms with Crippen LogP contribution in [0.4, 0.5) is 11.4 Å². The van der Waals surface area contributed by atoms with Crippen LogP contribution in [0.1, 0.15) is 15.9 Å². The van der Waals surface area contributed by atoms with Gasteiger partial charge in [-0.3, -0.25) is 4.79 Å². The van der Waals surface area contributed by atoms with E-state index in [0.29, 0.717) is 22.0 Å². The Labute approximate surface area is 111 Å². The number of benzene rings is 2. The van der Waals surface area contributed by atoms with E-state index in [2.05, 4.69) is 5.32 Å². The van der Waals surface area contributed by atoms with Crippen LogP contribution in [0.15, 0.2) is 42.5 Å². The molecule has 3 nitrogen and oxygen atoms in total. The van der Waals surface area contributed by atoms with Gasteiger partial charge in [-0.1, -0.05) is 29.3 Å². The number of halogens is 1. The summed E-state index contributed by atoms with van der Waals surface area (Å²) in [6, 6.07) is 12.3. The van der Waals surface area contributed by atoms with Crippen LogP contribution in [-0.4, -0.2) is 5.91 Å². The molecule has 0 saturated carbocycles. The smallest absolute Gasteiger partial charge is 0.257 e. The molecule has 0 aliphatic rings. The summed E-state index contributed by atoms with van der Waals surface area (Å²) in [5.41, 5.74) is 8.35. The number of hydrogen-bond donors (Lipinski definition) is 2. The van der Waals surface area contributed by atoms with Gasteiger partial charge in [0.2, 0.25) is 0 Å². The monoisotopic (exact) mass is 260 g/mol. The molecular formula is C14H13ClN2O. The Morgan fingerprint density at radius 2 is 2.00 bits per heavy atom. The molecule has 4 heteroatoms. The molecule has 0 saturated heterocycles. The predicted molar refractivity (Wildman–Crippen MR) is 75.0 cm³/mol. The van der Waals surface area contributed by atoms with Crippen molar-refractivity contribution in [1.82, 2.24) is 0 Å². The minimum atomic E-state index is -0.238. The van der Waals surface area contributed by atoms with Crippen LogP contribution in [-0.2, 0) is 0 Å². The summed E-state index contributed by atoms with van der Waals surface area (Å²) in [5, 5.41) is 3.34. The number of carbonyl (C=O) groups is 1. The first-order valence-electron chi connectivity index (χ1n) is 5.49. The van der Waals surface area contributed by atoms with E-state index in [1.54, 1.807) is 36.4 Å². The van der Waals surface area contributed by atoms with Gasteiger partial charge in [-0.15, -0.1) is 0 Å². The molecular weight excluding hydrogens is 248 g/mol. The average molecular weight is 261 g/mol. The highest BCUT2D eigenvalue weighted by Gasteiger charge is 2.10. The number of hydrogen-bond acceptors (Lipinski definition) is 2. The van der Waals surface area contributed by atoms with Gasteiger partial charge in [-0.05, 0) is 37.3 Å². The summed E-state index contributed by atoms with van der Waals surface area (Å²) in [6.07, 6.45) is 0. The van der Waals surface area contributed by atoms with Crippen molar-refractivity contribution in [2.24, 2.45) is 0 Å². The Morgan fingerprint density at radius 3 is 2.72 bits per heavy atom. The molecule has 0 unspecified atom stereocenters. The predicted octanol–water partition coefficient (Wildman–Crippen LogP) is 3.48. The lowest BCUT2D eigenvalue weighted by molar-refractivity contribution is 0.102. The molecule has 0 atom stereocenters. The van der Waals surface area contributed by atoms with Crippen LogP contribution >= 0.6 is 11.6 Å². The van der Waals surface area contributed by atoms with Crippen LogP contribution in [0.3, 0.4) is 0 Å². The van der Waals surface area contributed by atoms with E-state index in [1.807, 2.05) is 13.0 Å². The Kier molecular flexibility index (Phi) is 3.53. The largest absolute Gasteiger partial charge is 0.398 e. The third kappa shape index (κ3) is 2.81. The van der Waals surface area contributed by atoms with Crippen molar-refractivity contribution in [2.75, 3.05) is 11.1 Å². The highest BCUT2D eigenvalue weighted by atomic mass is 35.5. The van der Waals surface area contributed by atoms with Crippen LogP contribution in [0.2, 0.25) is 5.02 Å². The van der Waals surface area contributed by atoms with Crippen molar-refractivity contribution < 1.29 is 4.79 Å². The second-order valence-corrected chi connectivity index (χ2v) is 4.49. The Hall–Kier alpha value is -2.00. The van der Waals surface area contributed by atoms with Gasteiger partial charge >= 0.3 is 0 Å². The van der Waals surface area contributed by atoms with E-state index in [-0.39, 0.29) is 5.91 Å². The lowest BCUT2D eigenvalue weighted by atomic mass is 10.1. The number of amides is 1. The van der Waals surface area contributed by atoms with Crippen LogP contribution in [0.5, 0.6) is 0 Å². The van der Waals surface area contributed by atoms with Crippen molar-refractivity contribution in [2.45, 2.75) is 6.92 Å². The second-order valence-electron chi connectivity index (χ2n) is 4.06. The maximum absolute atomic E-state index is 12.1. The van der Waals surface area contributed by atoms with Gasteiger partial charge in [0.05, 0.1) is 5.56 Å². The maximum atomic E-state index is 12.1. The Bertz CT molecular complexity index is 596. The molecule has 3 N–H and O–H groups in total. The molecule has 2 aromatic carbocycles. The molecule has 0 bridgehead atoms. The van der Waals surface area contributed by atoms with E-state index < -0.39 is 0 Å². The summed E-state index contributed by atoms with van der Waals surface area (Å²) in [7, 11) is 0. The first-order valence-corrected chi connectivity index (χ1v) is 5.87. The van der Waals surface area contributed by atoms with Gasteiger partial charge in [-0.2, -0.15) is 0 Å². The zero-order chi connectivity index (χ0) is 13.1. The average Bonchev–Trinajstić information content (AvgIpc) is 2.32. The zero-order valence-electron chi connectivity index (χ0n) is 9.91. The van der Waals surface area contributed by atoms with Crippen molar-refractivity contribution in [3.8, 4) is 0 Å². The Balaban J connectivity index is 2.24. The molecule has 0 aliphatic heterocycles. The normalized spacial score (nSPS) is 10.1. The third-order valence-electron chi connectivity index (χ3n) is 2.54. The number of rotatable bonds is 2. The minimum Gasteiger partial charge on any atom is -0.398 e. The lowest BCUT2D eigenvalue weighted by Gasteiger charge is -2.08. The number of carbonyl (C=O) groups excluding carboxylic acids is 1. The quantitative estimate of drug-likeness (QED) is 0.812. The molecule has 2 rings (SSSR count). The molecule has 0 radical (unpaired) electrons. The molecule has 92 valence electrons. The summed E-state index contributed by atoms with van der Waals surface area (Å²) >= 11 is 5.85. The molecule has 1 amide bonds. The van der Waals surface area contributed by atoms with E-state index in [4.69, 9.17) is 17.3 Å². The van der Waals surface area contributed by atoms with Gasteiger partial charge in [-0.25, -0.2) is 0 Å². The van der Waals surface area contributed by atoms with Crippen molar-refractivity contribution >= 4 is 28.9 Å². The summed E-state index contributed by atoms with van der Waals surface area (Å²) in [6.45, 7) is 1.91. The fourth-order valence-corrected chi connectivity index (χ4v) is 1.82. The number of nitrogen functional groups attached to an aromatic ring is 1. The molecule has 18 heavy (non-hydrogen) atoms. The highest BCUT2D eigenvalue weighted by molar-refractivity contribution is 6.31. The topological polar surface area (TPSA) is 55.1 Å². The minimum absolute atomic E-state index is 0.238. The standard InChI is InChI=1S/C14H13ClN2O/c1-9-5-6-13(16)12(7-9)14(18)17-11-4-2-3-10(15)8-11/h2-8H,16H2,1H3,(H,17,18). The van der Waals surface area contributed by atoms with Crippen molar-refractivity contribution in [3.05, 3.63) is 58.6 Å². The van der Waals surface area contributed by atoms with E-state index in [9.17, 15) is 4.79 Å². The van der Waals surface area contributed by atoms with E-state index in [1.165, 1.54) is 0 Å². The fourth-order valence-electron chi connectivity index (χ4n) is 1.63. The fraction of sp³-hybridized carbons (Fsp3) is 0.0714. The second kappa shape index (κ2) is 5.10. The summed E-state index contributed by atoms with van der Waals surface area (Å²) in [4.78, 5) is 12.1. The number of nitrogens with two attached hydrogens (primary N) is 1. The van der Waals surface area contributed by atoms with Crippen molar-refractivity contribution in [1.29, 1.82) is 0 Å². The third-order valence-corrected chi connectivity index (χ3v) is 2.77. The first kappa shape index (κ1) is 12.5. The SMILES string of the molecule is Cc1ccc(N)c(C(=O)Nc2cccc(Cl)c2)c1.